The minimum Gasteiger partial charge on any atom is -0.493 e. The summed E-state index contributed by atoms with van der Waals surface area (Å²) in [6, 6.07) is 6.90. The van der Waals surface area contributed by atoms with Crippen molar-refractivity contribution in [3.8, 4) is 5.75 Å². The number of methoxy groups -OCH3 is 1. The molecule has 0 aliphatic carbocycles. The third kappa shape index (κ3) is 2.76. The van der Waals surface area contributed by atoms with E-state index in [1.807, 2.05) is 0 Å². The summed E-state index contributed by atoms with van der Waals surface area (Å²) in [5.74, 6) is 0.0364. The van der Waals surface area contributed by atoms with Gasteiger partial charge in [0, 0.05) is 10.9 Å². The smallest absolute Gasteiger partial charge is 0.340 e. The number of rotatable bonds is 4. The summed E-state index contributed by atoms with van der Waals surface area (Å²) in [6.07, 6.45) is -0.0939. The topological polar surface area (TPSA) is 65.7 Å². The van der Waals surface area contributed by atoms with Gasteiger partial charge in [0.25, 0.3) is 0 Å². The zero-order chi connectivity index (χ0) is 13.8. The molecule has 0 spiro atoms. The zero-order valence-electron chi connectivity index (χ0n) is 10.8. The van der Waals surface area contributed by atoms with E-state index in [0.717, 1.165) is 0 Å². The maximum atomic E-state index is 11.8. The lowest BCUT2D eigenvalue weighted by atomic mass is 10.1. The molecule has 0 fully saturated rings. The number of para-hydroxylation sites is 1. The first-order valence-corrected chi connectivity index (χ1v) is 5.91. The zero-order valence-corrected chi connectivity index (χ0v) is 10.8. The van der Waals surface area contributed by atoms with Crippen LogP contribution < -0.4 is 10.4 Å². The van der Waals surface area contributed by atoms with Crippen LogP contribution in [0.15, 0.2) is 33.5 Å². The molecule has 1 heterocycles. The van der Waals surface area contributed by atoms with Crippen LogP contribution in [-0.2, 0) is 16.0 Å². The number of carbonyl (C=O) groups excluding carboxylic acids is 1. The Balaban J connectivity index is 2.45. The summed E-state index contributed by atoms with van der Waals surface area (Å²) in [6.45, 7) is 2.00. The number of esters is 1. The van der Waals surface area contributed by atoms with E-state index in [9.17, 15) is 9.59 Å². The molecule has 0 amide bonds. The second-order valence-electron chi connectivity index (χ2n) is 3.92. The first-order chi connectivity index (χ1) is 9.15. The lowest BCUT2D eigenvalue weighted by molar-refractivity contribution is -0.142. The molecule has 1 aromatic carbocycles. The van der Waals surface area contributed by atoms with E-state index in [1.54, 1.807) is 31.2 Å². The summed E-state index contributed by atoms with van der Waals surface area (Å²) < 4.78 is 15.1. The molecule has 0 aliphatic rings. The number of fused-ring (bicyclic) bond motifs is 1. The minimum absolute atomic E-state index is 0.0939. The van der Waals surface area contributed by atoms with Crippen molar-refractivity contribution < 1.29 is 18.7 Å². The van der Waals surface area contributed by atoms with E-state index >= 15 is 0 Å². The van der Waals surface area contributed by atoms with Gasteiger partial charge in [-0.05, 0) is 19.1 Å². The predicted octanol–water partition coefficient (Wildman–Crippen LogP) is 1.91. The molecule has 0 saturated heterocycles. The molecule has 0 N–H and O–H groups in total. The lowest BCUT2D eigenvalue weighted by Gasteiger charge is -2.05. The lowest BCUT2D eigenvalue weighted by Crippen LogP contribution is -2.15. The van der Waals surface area contributed by atoms with Crippen molar-refractivity contribution in [1.82, 2.24) is 0 Å². The Labute approximate surface area is 109 Å². The molecule has 5 nitrogen and oxygen atoms in total. The molecule has 0 bridgehead atoms. The van der Waals surface area contributed by atoms with E-state index in [4.69, 9.17) is 13.9 Å². The number of hydrogen-bond donors (Lipinski definition) is 0. The molecule has 1 aromatic heterocycles. The Morgan fingerprint density at radius 3 is 2.84 bits per heavy atom. The highest BCUT2D eigenvalue weighted by Crippen LogP contribution is 2.24. The number of benzene rings is 1. The van der Waals surface area contributed by atoms with Crippen LogP contribution in [0.25, 0.3) is 11.0 Å². The fourth-order valence-electron chi connectivity index (χ4n) is 1.81. The van der Waals surface area contributed by atoms with E-state index in [2.05, 4.69) is 0 Å². The Bertz CT molecular complexity index is 656. The van der Waals surface area contributed by atoms with Crippen molar-refractivity contribution in [1.29, 1.82) is 0 Å². The third-order valence-electron chi connectivity index (χ3n) is 2.66. The van der Waals surface area contributed by atoms with Gasteiger partial charge in [-0.25, -0.2) is 4.79 Å². The molecular formula is C14H14O5. The molecule has 100 valence electrons. The van der Waals surface area contributed by atoms with Crippen molar-refractivity contribution >= 4 is 16.9 Å². The first kappa shape index (κ1) is 13.1. The van der Waals surface area contributed by atoms with Gasteiger partial charge >= 0.3 is 11.6 Å². The van der Waals surface area contributed by atoms with Crippen LogP contribution in [0.3, 0.4) is 0 Å². The van der Waals surface area contributed by atoms with Gasteiger partial charge in [-0.3, -0.25) is 4.79 Å². The maximum absolute atomic E-state index is 11.8. The summed E-state index contributed by atoms with van der Waals surface area (Å²) in [7, 11) is 1.50. The highest BCUT2D eigenvalue weighted by atomic mass is 16.5. The highest BCUT2D eigenvalue weighted by Gasteiger charge is 2.12. The molecule has 2 rings (SSSR count). The average Bonchev–Trinajstić information content (AvgIpc) is 2.39. The SMILES string of the molecule is CCOC(=O)Cc1cc2cccc(OC)c2oc1=O. The van der Waals surface area contributed by atoms with Gasteiger partial charge in [-0.15, -0.1) is 0 Å². The summed E-state index contributed by atoms with van der Waals surface area (Å²) >= 11 is 0. The van der Waals surface area contributed by atoms with Gasteiger partial charge in [0.1, 0.15) is 0 Å². The Hall–Kier alpha value is -2.30. The van der Waals surface area contributed by atoms with Crippen LogP contribution in [0.1, 0.15) is 12.5 Å². The van der Waals surface area contributed by atoms with Crippen molar-refractivity contribution in [3.63, 3.8) is 0 Å². The Kier molecular flexibility index (Phi) is 3.85. The van der Waals surface area contributed by atoms with E-state index < -0.39 is 11.6 Å². The maximum Gasteiger partial charge on any atom is 0.340 e. The van der Waals surface area contributed by atoms with Crippen LogP contribution in [0, 0.1) is 0 Å². The second-order valence-corrected chi connectivity index (χ2v) is 3.92. The van der Waals surface area contributed by atoms with Gasteiger partial charge in [-0.1, -0.05) is 12.1 Å². The van der Waals surface area contributed by atoms with Gasteiger partial charge in [-0.2, -0.15) is 0 Å². The normalized spacial score (nSPS) is 10.4. The quantitative estimate of drug-likeness (QED) is 0.622. The number of ether oxygens (including phenoxy) is 2. The van der Waals surface area contributed by atoms with Gasteiger partial charge in [0.15, 0.2) is 11.3 Å². The molecule has 0 atom stereocenters. The molecule has 19 heavy (non-hydrogen) atoms. The van der Waals surface area contributed by atoms with E-state index in [-0.39, 0.29) is 18.6 Å². The molecule has 0 radical (unpaired) electrons. The summed E-state index contributed by atoms with van der Waals surface area (Å²) in [5, 5.41) is 0.707. The molecule has 5 heteroatoms. The van der Waals surface area contributed by atoms with Crippen LogP contribution in [0.5, 0.6) is 5.75 Å². The van der Waals surface area contributed by atoms with Gasteiger partial charge < -0.3 is 13.9 Å². The summed E-state index contributed by atoms with van der Waals surface area (Å²) in [5.41, 5.74) is 0.104. The molecule has 2 aromatic rings. The fourth-order valence-corrected chi connectivity index (χ4v) is 1.81. The van der Waals surface area contributed by atoms with E-state index in [0.29, 0.717) is 16.7 Å². The molecule has 0 saturated carbocycles. The fraction of sp³-hybridized carbons (Fsp3) is 0.286. The molecular weight excluding hydrogens is 248 g/mol. The first-order valence-electron chi connectivity index (χ1n) is 5.91. The van der Waals surface area contributed by atoms with Gasteiger partial charge in [0.2, 0.25) is 0 Å². The highest BCUT2D eigenvalue weighted by molar-refractivity contribution is 5.83. The minimum atomic E-state index is -0.551. The Morgan fingerprint density at radius 2 is 2.16 bits per heavy atom. The number of hydrogen-bond acceptors (Lipinski definition) is 5. The summed E-state index contributed by atoms with van der Waals surface area (Å²) in [4.78, 5) is 23.2. The van der Waals surface area contributed by atoms with Crippen LogP contribution in [0.2, 0.25) is 0 Å². The number of carbonyl (C=O) groups is 1. The average molecular weight is 262 g/mol. The monoisotopic (exact) mass is 262 g/mol. The van der Waals surface area contributed by atoms with Crippen molar-refractivity contribution in [2.75, 3.05) is 13.7 Å². The van der Waals surface area contributed by atoms with E-state index in [1.165, 1.54) is 7.11 Å². The predicted molar refractivity (Wildman–Crippen MR) is 69.4 cm³/mol. The Morgan fingerprint density at radius 1 is 1.37 bits per heavy atom. The van der Waals surface area contributed by atoms with Crippen molar-refractivity contribution in [2.24, 2.45) is 0 Å². The van der Waals surface area contributed by atoms with Crippen LogP contribution in [0.4, 0.5) is 0 Å². The largest absolute Gasteiger partial charge is 0.493 e. The molecule has 0 unspecified atom stereocenters. The van der Waals surface area contributed by atoms with Crippen LogP contribution in [-0.4, -0.2) is 19.7 Å². The molecule has 0 aliphatic heterocycles. The third-order valence-corrected chi connectivity index (χ3v) is 2.66. The van der Waals surface area contributed by atoms with Gasteiger partial charge in [0.05, 0.1) is 20.1 Å². The second kappa shape index (κ2) is 5.56. The van der Waals surface area contributed by atoms with Crippen LogP contribution >= 0.6 is 0 Å². The standard InChI is InChI=1S/C14H14O5/c1-3-18-12(15)8-10-7-9-5-4-6-11(17-2)13(9)19-14(10)16/h4-7H,3,8H2,1-2H3. The van der Waals surface area contributed by atoms with Crippen molar-refractivity contribution in [3.05, 3.63) is 40.2 Å². The van der Waals surface area contributed by atoms with Crippen molar-refractivity contribution in [2.45, 2.75) is 13.3 Å².